The Kier molecular flexibility index (Phi) is 3.35. The fraction of sp³-hybridized carbons (Fsp3) is 0.467. The first kappa shape index (κ1) is 13.6. The van der Waals surface area contributed by atoms with Gasteiger partial charge in [-0.15, -0.1) is 0 Å². The summed E-state index contributed by atoms with van der Waals surface area (Å²) in [4.78, 5) is 25.9. The number of aryl methyl sites for hydroxylation is 2. The Labute approximate surface area is 113 Å². The molecule has 0 unspecified atom stereocenters. The SMILES string of the molecule is Cc1ccc(N2CCC(=O)NC(C)(C)C2=O)c(C)c1. The molecular formula is C15H20N2O2. The Hall–Kier alpha value is -1.84. The highest BCUT2D eigenvalue weighted by atomic mass is 16.2. The fourth-order valence-corrected chi connectivity index (χ4v) is 2.45. The Morgan fingerprint density at radius 3 is 2.53 bits per heavy atom. The third kappa shape index (κ3) is 2.62. The number of amides is 2. The molecule has 1 aliphatic heterocycles. The molecule has 4 nitrogen and oxygen atoms in total. The molecule has 4 heteroatoms. The first-order valence-corrected chi connectivity index (χ1v) is 6.51. The Bertz CT molecular complexity index is 535. The molecule has 0 saturated carbocycles. The van der Waals surface area contributed by atoms with Gasteiger partial charge in [0, 0.05) is 18.7 Å². The van der Waals surface area contributed by atoms with Crippen molar-refractivity contribution in [2.75, 3.05) is 11.4 Å². The third-order valence-corrected chi connectivity index (χ3v) is 3.44. The second-order valence-electron chi connectivity index (χ2n) is 5.67. The molecule has 1 fully saturated rings. The zero-order valence-electron chi connectivity index (χ0n) is 11.9. The standard InChI is InChI=1S/C15H20N2O2/c1-10-5-6-12(11(2)9-10)17-8-7-13(18)16-15(3,4)14(17)19/h5-6,9H,7-8H2,1-4H3,(H,16,18). The van der Waals surface area contributed by atoms with Gasteiger partial charge in [-0.2, -0.15) is 0 Å². The Morgan fingerprint density at radius 1 is 1.21 bits per heavy atom. The molecule has 1 saturated heterocycles. The molecule has 0 aromatic heterocycles. The van der Waals surface area contributed by atoms with Gasteiger partial charge in [0.1, 0.15) is 5.54 Å². The number of nitrogens with one attached hydrogen (secondary N) is 1. The number of rotatable bonds is 1. The highest BCUT2D eigenvalue weighted by Crippen LogP contribution is 2.25. The predicted octanol–water partition coefficient (Wildman–Crippen LogP) is 1.93. The monoisotopic (exact) mass is 260 g/mol. The first-order valence-electron chi connectivity index (χ1n) is 6.51. The number of carbonyl (C=O) groups is 2. The lowest BCUT2D eigenvalue weighted by atomic mass is 10.0. The van der Waals surface area contributed by atoms with Gasteiger partial charge in [-0.25, -0.2) is 0 Å². The van der Waals surface area contributed by atoms with E-state index in [9.17, 15) is 9.59 Å². The zero-order valence-corrected chi connectivity index (χ0v) is 11.9. The van der Waals surface area contributed by atoms with Crippen LogP contribution in [0.5, 0.6) is 0 Å². The summed E-state index contributed by atoms with van der Waals surface area (Å²) in [5.41, 5.74) is 2.25. The number of carbonyl (C=O) groups excluding carboxylic acids is 2. The molecule has 0 aliphatic carbocycles. The molecule has 1 N–H and O–H groups in total. The van der Waals surface area contributed by atoms with Crippen LogP contribution in [0, 0.1) is 13.8 Å². The number of benzene rings is 1. The molecule has 1 heterocycles. The minimum absolute atomic E-state index is 0.0645. The van der Waals surface area contributed by atoms with Crippen LogP contribution in [-0.2, 0) is 9.59 Å². The van der Waals surface area contributed by atoms with Crippen molar-refractivity contribution >= 4 is 17.5 Å². The summed E-state index contributed by atoms with van der Waals surface area (Å²) >= 11 is 0. The predicted molar refractivity (Wildman–Crippen MR) is 75.1 cm³/mol. The van der Waals surface area contributed by atoms with Crippen LogP contribution in [0.1, 0.15) is 31.4 Å². The molecule has 0 radical (unpaired) electrons. The third-order valence-electron chi connectivity index (χ3n) is 3.44. The summed E-state index contributed by atoms with van der Waals surface area (Å²) < 4.78 is 0. The van der Waals surface area contributed by atoms with Crippen molar-refractivity contribution in [3.05, 3.63) is 29.3 Å². The molecular weight excluding hydrogens is 240 g/mol. The van der Waals surface area contributed by atoms with Crippen molar-refractivity contribution < 1.29 is 9.59 Å². The molecule has 0 spiro atoms. The number of hydrogen-bond donors (Lipinski definition) is 1. The van der Waals surface area contributed by atoms with Crippen molar-refractivity contribution in [1.82, 2.24) is 5.32 Å². The van der Waals surface area contributed by atoms with Gasteiger partial charge in [-0.1, -0.05) is 17.7 Å². The minimum Gasteiger partial charge on any atom is -0.342 e. The van der Waals surface area contributed by atoms with E-state index in [-0.39, 0.29) is 11.8 Å². The molecule has 1 aromatic rings. The summed E-state index contributed by atoms with van der Waals surface area (Å²) in [7, 11) is 0. The highest BCUT2D eigenvalue weighted by Gasteiger charge is 2.37. The van der Waals surface area contributed by atoms with E-state index in [0.29, 0.717) is 13.0 Å². The van der Waals surface area contributed by atoms with E-state index in [1.165, 1.54) is 0 Å². The maximum atomic E-state index is 12.6. The lowest BCUT2D eigenvalue weighted by Gasteiger charge is -2.29. The lowest BCUT2D eigenvalue weighted by molar-refractivity contribution is -0.128. The van der Waals surface area contributed by atoms with Gasteiger partial charge >= 0.3 is 0 Å². The van der Waals surface area contributed by atoms with E-state index in [0.717, 1.165) is 16.8 Å². The zero-order chi connectivity index (χ0) is 14.2. The van der Waals surface area contributed by atoms with E-state index in [4.69, 9.17) is 0 Å². The number of nitrogens with zero attached hydrogens (tertiary/aromatic N) is 1. The maximum Gasteiger partial charge on any atom is 0.252 e. The van der Waals surface area contributed by atoms with Crippen LogP contribution in [0.3, 0.4) is 0 Å². The van der Waals surface area contributed by atoms with Crippen molar-refractivity contribution in [2.45, 2.75) is 39.7 Å². The maximum absolute atomic E-state index is 12.6. The molecule has 1 aromatic carbocycles. The van der Waals surface area contributed by atoms with E-state index in [1.54, 1.807) is 18.7 Å². The summed E-state index contributed by atoms with van der Waals surface area (Å²) in [5.74, 6) is -0.143. The summed E-state index contributed by atoms with van der Waals surface area (Å²) in [5, 5.41) is 2.77. The van der Waals surface area contributed by atoms with Gasteiger partial charge in [-0.05, 0) is 39.3 Å². The van der Waals surface area contributed by atoms with Crippen LogP contribution >= 0.6 is 0 Å². The molecule has 102 valence electrons. The van der Waals surface area contributed by atoms with Gasteiger partial charge in [0.15, 0.2) is 0 Å². The van der Waals surface area contributed by atoms with Gasteiger partial charge < -0.3 is 10.2 Å². The summed E-state index contributed by atoms with van der Waals surface area (Å²) in [6, 6.07) is 5.99. The second-order valence-corrected chi connectivity index (χ2v) is 5.67. The minimum atomic E-state index is -0.856. The van der Waals surface area contributed by atoms with E-state index < -0.39 is 5.54 Å². The fourth-order valence-electron chi connectivity index (χ4n) is 2.45. The van der Waals surface area contributed by atoms with Crippen molar-refractivity contribution in [1.29, 1.82) is 0 Å². The Balaban J connectivity index is 2.42. The van der Waals surface area contributed by atoms with Crippen LogP contribution in [0.25, 0.3) is 0 Å². The highest BCUT2D eigenvalue weighted by molar-refractivity contribution is 6.04. The van der Waals surface area contributed by atoms with E-state index >= 15 is 0 Å². The quantitative estimate of drug-likeness (QED) is 0.839. The largest absolute Gasteiger partial charge is 0.342 e. The van der Waals surface area contributed by atoms with E-state index in [2.05, 4.69) is 11.4 Å². The van der Waals surface area contributed by atoms with Crippen LogP contribution in [0.15, 0.2) is 18.2 Å². The smallest absolute Gasteiger partial charge is 0.252 e. The van der Waals surface area contributed by atoms with Gasteiger partial charge in [0.25, 0.3) is 5.91 Å². The topological polar surface area (TPSA) is 49.4 Å². The van der Waals surface area contributed by atoms with Crippen LogP contribution in [0.2, 0.25) is 0 Å². The van der Waals surface area contributed by atoms with Crippen LogP contribution in [-0.4, -0.2) is 23.9 Å². The molecule has 2 rings (SSSR count). The average molecular weight is 260 g/mol. The van der Waals surface area contributed by atoms with Gasteiger partial charge in [0.2, 0.25) is 5.91 Å². The Morgan fingerprint density at radius 2 is 1.89 bits per heavy atom. The van der Waals surface area contributed by atoms with E-state index in [1.807, 2.05) is 26.0 Å². The van der Waals surface area contributed by atoms with Crippen LogP contribution < -0.4 is 10.2 Å². The van der Waals surface area contributed by atoms with Crippen molar-refractivity contribution in [2.24, 2.45) is 0 Å². The molecule has 2 amide bonds. The average Bonchev–Trinajstić information content (AvgIpc) is 2.38. The van der Waals surface area contributed by atoms with Gasteiger partial charge in [0.05, 0.1) is 0 Å². The number of hydrogen-bond acceptors (Lipinski definition) is 2. The summed E-state index contributed by atoms with van der Waals surface area (Å²) in [6.45, 7) is 7.93. The number of anilines is 1. The molecule has 1 aliphatic rings. The van der Waals surface area contributed by atoms with Gasteiger partial charge in [-0.3, -0.25) is 9.59 Å². The molecule has 0 atom stereocenters. The van der Waals surface area contributed by atoms with Crippen LogP contribution in [0.4, 0.5) is 5.69 Å². The second kappa shape index (κ2) is 4.68. The first-order chi connectivity index (χ1) is 8.81. The normalized spacial score (nSPS) is 19.1. The van der Waals surface area contributed by atoms with Crippen molar-refractivity contribution in [3.63, 3.8) is 0 Å². The van der Waals surface area contributed by atoms with Crippen molar-refractivity contribution in [3.8, 4) is 0 Å². The molecule has 0 bridgehead atoms. The lowest BCUT2D eigenvalue weighted by Crippen LogP contribution is -2.53. The molecule has 19 heavy (non-hydrogen) atoms. The summed E-state index contributed by atoms with van der Waals surface area (Å²) in [6.07, 6.45) is 0.336.